The molecular formula is C23H25ClN4O2S2. The van der Waals surface area contributed by atoms with Crippen LogP contribution < -0.4 is 5.43 Å². The Kier molecular flexibility index (Phi) is 6.95. The SMILES string of the molecule is CC1CC(C)CN(S(=O)(=O)c2cccc(-c3csc(NN=Cc4cccc(Cl)c4)n3)c2)C1. The highest BCUT2D eigenvalue weighted by molar-refractivity contribution is 7.89. The molecule has 0 aliphatic carbocycles. The van der Waals surface area contributed by atoms with E-state index in [2.05, 4.69) is 29.4 Å². The van der Waals surface area contributed by atoms with Crippen LogP contribution in [0.3, 0.4) is 0 Å². The molecule has 32 heavy (non-hydrogen) atoms. The summed E-state index contributed by atoms with van der Waals surface area (Å²) in [5, 5.41) is 7.35. The van der Waals surface area contributed by atoms with Crippen LogP contribution in [0.4, 0.5) is 5.13 Å². The van der Waals surface area contributed by atoms with E-state index < -0.39 is 10.0 Å². The first-order valence-electron chi connectivity index (χ1n) is 10.4. The Morgan fingerprint density at radius 1 is 1.16 bits per heavy atom. The van der Waals surface area contributed by atoms with Gasteiger partial charge in [0.15, 0.2) is 0 Å². The molecule has 6 nitrogen and oxygen atoms in total. The van der Waals surface area contributed by atoms with Crippen molar-refractivity contribution in [3.8, 4) is 11.3 Å². The van der Waals surface area contributed by atoms with Crippen molar-refractivity contribution in [3.63, 3.8) is 0 Å². The summed E-state index contributed by atoms with van der Waals surface area (Å²) in [6.07, 6.45) is 2.72. The van der Waals surface area contributed by atoms with Gasteiger partial charge in [-0.1, -0.05) is 49.7 Å². The summed E-state index contributed by atoms with van der Waals surface area (Å²) in [6, 6.07) is 14.4. The monoisotopic (exact) mass is 488 g/mol. The highest BCUT2D eigenvalue weighted by atomic mass is 35.5. The third-order valence-electron chi connectivity index (χ3n) is 5.33. The second kappa shape index (κ2) is 9.70. The van der Waals surface area contributed by atoms with Crippen molar-refractivity contribution in [2.24, 2.45) is 16.9 Å². The minimum absolute atomic E-state index is 0.304. The number of halogens is 1. The molecule has 0 spiro atoms. The van der Waals surface area contributed by atoms with E-state index in [1.807, 2.05) is 29.6 Å². The molecule has 1 fully saturated rings. The summed E-state index contributed by atoms with van der Waals surface area (Å²) in [5.41, 5.74) is 5.25. The van der Waals surface area contributed by atoms with Crippen molar-refractivity contribution in [1.29, 1.82) is 0 Å². The van der Waals surface area contributed by atoms with E-state index in [1.165, 1.54) is 11.3 Å². The number of hydrogen-bond acceptors (Lipinski definition) is 6. The second-order valence-corrected chi connectivity index (χ2v) is 11.5. The van der Waals surface area contributed by atoms with Crippen LogP contribution in [0.25, 0.3) is 11.3 Å². The minimum Gasteiger partial charge on any atom is -0.253 e. The molecular weight excluding hydrogens is 464 g/mol. The van der Waals surface area contributed by atoms with Gasteiger partial charge in [-0.15, -0.1) is 11.3 Å². The molecule has 2 heterocycles. The van der Waals surface area contributed by atoms with Gasteiger partial charge in [0.25, 0.3) is 0 Å². The van der Waals surface area contributed by atoms with E-state index in [4.69, 9.17) is 11.6 Å². The molecule has 1 aliphatic heterocycles. The van der Waals surface area contributed by atoms with Gasteiger partial charge in [-0.2, -0.15) is 9.41 Å². The number of rotatable bonds is 6. The zero-order chi connectivity index (χ0) is 22.7. The predicted molar refractivity (Wildman–Crippen MR) is 132 cm³/mol. The number of aromatic nitrogens is 1. The molecule has 2 aromatic carbocycles. The van der Waals surface area contributed by atoms with Crippen LogP contribution >= 0.6 is 22.9 Å². The van der Waals surface area contributed by atoms with E-state index in [0.717, 1.165) is 17.5 Å². The number of sulfonamides is 1. The van der Waals surface area contributed by atoms with E-state index in [0.29, 0.717) is 45.7 Å². The fourth-order valence-corrected chi connectivity index (χ4v) is 6.57. The van der Waals surface area contributed by atoms with E-state index in [9.17, 15) is 8.42 Å². The van der Waals surface area contributed by atoms with E-state index >= 15 is 0 Å². The van der Waals surface area contributed by atoms with E-state index in [-0.39, 0.29) is 0 Å². The largest absolute Gasteiger partial charge is 0.253 e. The molecule has 1 aromatic heterocycles. The summed E-state index contributed by atoms with van der Waals surface area (Å²) < 4.78 is 28.1. The molecule has 2 unspecified atom stereocenters. The Morgan fingerprint density at radius 2 is 1.91 bits per heavy atom. The van der Waals surface area contributed by atoms with Crippen LogP contribution in [0, 0.1) is 11.8 Å². The molecule has 168 valence electrons. The normalized spacial score (nSPS) is 20.0. The van der Waals surface area contributed by atoms with Gasteiger partial charge in [-0.25, -0.2) is 13.4 Å². The van der Waals surface area contributed by atoms with Crippen molar-refractivity contribution in [2.45, 2.75) is 25.2 Å². The standard InChI is InChI=1S/C23H25ClN4O2S2/c1-16-9-17(2)14-28(13-16)32(29,30)21-8-4-6-19(11-21)22-15-31-23(26-22)27-25-12-18-5-3-7-20(24)10-18/h3-8,10-12,15-17H,9,13-14H2,1-2H3,(H,26,27). The van der Waals surface area contributed by atoms with Crippen molar-refractivity contribution >= 4 is 44.3 Å². The van der Waals surface area contributed by atoms with Crippen molar-refractivity contribution in [3.05, 3.63) is 64.5 Å². The van der Waals surface area contributed by atoms with Crippen LogP contribution in [-0.2, 0) is 10.0 Å². The van der Waals surface area contributed by atoms with Gasteiger partial charge in [0.2, 0.25) is 15.2 Å². The lowest BCUT2D eigenvalue weighted by Gasteiger charge is -2.34. The Bertz CT molecular complexity index is 1220. The fourth-order valence-electron chi connectivity index (χ4n) is 3.97. The van der Waals surface area contributed by atoms with Crippen LogP contribution in [0.1, 0.15) is 25.8 Å². The molecule has 0 bridgehead atoms. The summed E-state index contributed by atoms with van der Waals surface area (Å²) >= 11 is 7.39. The maximum Gasteiger partial charge on any atom is 0.243 e. The Morgan fingerprint density at radius 3 is 2.66 bits per heavy atom. The molecule has 0 saturated carbocycles. The summed E-state index contributed by atoms with van der Waals surface area (Å²) in [6.45, 7) is 5.33. The zero-order valence-electron chi connectivity index (χ0n) is 17.9. The quantitative estimate of drug-likeness (QED) is 0.363. The Labute approximate surface area is 198 Å². The number of nitrogens with zero attached hydrogens (tertiary/aromatic N) is 3. The minimum atomic E-state index is -3.54. The topological polar surface area (TPSA) is 74.7 Å². The molecule has 9 heteroatoms. The molecule has 1 aliphatic rings. The first-order chi connectivity index (χ1) is 15.3. The summed E-state index contributed by atoms with van der Waals surface area (Å²) in [4.78, 5) is 4.85. The molecule has 0 radical (unpaired) electrons. The van der Waals surface area contributed by atoms with E-state index in [1.54, 1.807) is 34.8 Å². The maximum absolute atomic E-state index is 13.2. The van der Waals surface area contributed by atoms with Crippen molar-refractivity contribution in [2.75, 3.05) is 18.5 Å². The average molecular weight is 489 g/mol. The zero-order valence-corrected chi connectivity index (χ0v) is 20.3. The third kappa shape index (κ3) is 5.38. The van der Waals surface area contributed by atoms with Crippen LogP contribution in [-0.4, -0.2) is 37.0 Å². The smallest absolute Gasteiger partial charge is 0.243 e. The van der Waals surface area contributed by atoms with Gasteiger partial charge >= 0.3 is 0 Å². The van der Waals surface area contributed by atoms with Gasteiger partial charge < -0.3 is 0 Å². The Hall–Kier alpha value is -2.26. The number of piperidine rings is 1. The summed E-state index contributed by atoms with van der Waals surface area (Å²) in [7, 11) is -3.54. The highest BCUT2D eigenvalue weighted by Crippen LogP contribution is 2.30. The second-order valence-electron chi connectivity index (χ2n) is 8.26. The van der Waals surface area contributed by atoms with Gasteiger partial charge in [-0.05, 0) is 48.1 Å². The number of hydrogen-bond donors (Lipinski definition) is 1. The lowest BCUT2D eigenvalue weighted by molar-refractivity contribution is 0.222. The molecule has 0 amide bonds. The molecule has 3 aromatic rings. The third-order valence-corrected chi connectivity index (χ3v) is 8.14. The molecule has 1 saturated heterocycles. The number of benzene rings is 2. The predicted octanol–water partition coefficient (Wildman–Crippen LogP) is 5.58. The van der Waals surface area contributed by atoms with Crippen LogP contribution in [0.5, 0.6) is 0 Å². The van der Waals surface area contributed by atoms with Gasteiger partial charge in [0.05, 0.1) is 16.8 Å². The maximum atomic E-state index is 13.2. The van der Waals surface area contributed by atoms with Gasteiger partial charge in [0.1, 0.15) is 0 Å². The summed E-state index contributed by atoms with van der Waals surface area (Å²) in [5.74, 6) is 0.715. The van der Waals surface area contributed by atoms with Crippen molar-refractivity contribution < 1.29 is 8.42 Å². The van der Waals surface area contributed by atoms with Crippen molar-refractivity contribution in [1.82, 2.24) is 9.29 Å². The van der Waals surface area contributed by atoms with Gasteiger partial charge in [-0.3, -0.25) is 5.43 Å². The number of anilines is 1. The fraction of sp³-hybridized carbons (Fsp3) is 0.304. The van der Waals surface area contributed by atoms with Gasteiger partial charge in [0, 0.05) is 29.1 Å². The Balaban J connectivity index is 1.50. The molecule has 1 N–H and O–H groups in total. The number of nitrogens with one attached hydrogen (secondary N) is 1. The first-order valence-corrected chi connectivity index (χ1v) is 13.1. The van der Waals surface area contributed by atoms with Crippen LogP contribution in [0.2, 0.25) is 5.02 Å². The van der Waals surface area contributed by atoms with Crippen LogP contribution in [0.15, 0.2) is 63.9 Å². The molecule has 4 rings (SSSR count). The number of hydrazone groups is 1. The molecule has 2 atom stereocenters. The average Bonchev–Trinajstić information content (AvgIpc) is 3.22. The lowest BCUT2D eigenvalue weighted by Crippen LogP contribution is -2.42. The first kappa shape index (κ1) is 22.9. The highest BCUT2D eigenvalue weighted by Gasteiger charge is 2.31. The number of thiazole rings is 1. The lowest BCUT2D eigenvalue weighted by atomic mass is 9.94.